The van der Waals surface area contributed by atoms with Gasteiger partial charge in [0.05, 0.1) is 12.2 Å². The molecule has 3 aromatic heterocycles. The highest BCUT2D eigenvalue weighted by Crippen LogP contribution is 2.27. The van der Waals surface area contributed by atoms with E-state index in [9.17, 15) is 4.79 Å². The Morgan fingerprint density at radius 3 is 3.10 bits per heavy atom. The Morgan fingerprint density at radius 1 is 1.29 bits per heavy atom. The van der Waals surface area contributed by atoms with Crippen molar-refractivity contribution in [2.75, 3.05) is 6.54 Å². The van der Waals surface area contributed by atoms with Crippen molar-refractivity contribution in [1.82, 2.24) is 24.1 Å². The van der Waals surface area contributed by atoms with Gasteiger partial charge in [-0.1, -0.05) is 0 Å². The van der Waals surface area contributed by atoms with E-state index in [4.69, 9.17) is 0 Å². The highest BCUT2D eigenvalue weighted by atomic mass is 16.2. The topological polar surface area (TPSA) is 55.4 Å². The van der Waals surface area contributed by atoms with Crippen molar-refractivity contribution in [2.45, 2.75) is 19.5 Å². The maximum atomic E-state index is 12.8. The van der Waals surface area contributed by atoms with E-state index in [1.165, 1.54) is 5.69 Å². The quantitative estimate of drug-likeness (QED) is 0.683. The Kier molecular flexibility index (Phi) is 2.57. The van der Waals surface area contributed by atoms with Crippen molar-refractivity contribution in [3.8, 4) is 0 Å². The lowest BCUT2D eigenvalue weighted by atomic mass is 10.1. The van der Waals surface area contributed by atoms with Crippen LogP contribution in [0.2, 0.25) is 0 Å². The van der Waals surface area contributed by atoms with Crippen LogP contribution in [-0.2, 0) is 6.54 Å². The zero-order valence-electron chi connectivity index (χ0n) is 11.7. The maximum Gasteiger partial charge on any atom is 0.259 e. The summed E-state index contributed by atoms with van der Waals surface area (Å²) < 4.78 is 3.83. The smallest absolute Gasteiger partial charge is 0.259 e. The zero-order chi connectivity index (χ0) is 14.4. The van der Waals surface area contributed by atoms with Crippen molar-refractivity contribution in [3.63, 3.8) is 0 Å². The summed E-state index contributed by atoms with van der Waals surface area (Å²) in [7, 11) is 0. The van der Waals surface area contributed by atoms with Gasteiger partial charge in [-0.15, -0.1) is 0 Å². The van der Waals surface area contributed by atoms with Crippen molar-refractivity contribution < 1.29 is 4.79 Å². The normalized spacial score (nSPS) is 18.0. The summed E-state index contributed by atoms with van der Waals surface area (Å²) in [5, 5.41) is 4.20. The summed E-state index contributed by atoms with van der Waals surface area (Å²) in [5.74, 6) is -0.0105. The molecule has 0 aliphatic carbocycles. The van der Waals surface area contributed by atoms with Gasteiger partial charge in [-0.3, -0.25) is 4.79 Å². The summed E-state index contributed by atoms with van der Waals surface area (Å²) >= 11 is 0. The lowest BCUT2D eigenvalue weighted by Crippen LogP contribution is -2.40. The van der Waals surface area contributed by atoms with Gasteiger partial charge in [0.2, 0.25) is 0 Å². The molecule has 21 heavy (non-hydrogen) atoms. The average Bonchev–Trinajstić information content (AvgIpc) is 3.14. The summed E-state index contributed by atoms with van der Waals surface area (Å²) in [6, 6.07) is 5.94. The molecule has 0 unspecified atom stereocenters. The Morgan fingerprint density at radius 2 is 2.19 bits per heavy atom. The number of carbonyl (C=O) groups excluding carboxylic acids is 1. The molecule has 3 aromatic rings. The van der Waals surface area contributed by atoms with Crippen LogP contribution < -0.4 is 0 Å². The van der Waals surface area contributed by atoms with E-state index in [1.54, 1.807) is 29.2 Å². The van der Waals surface area contributed by atoms with E-state index in [0.717, 1.165) is 6.54 Å². The molecular weight excluding hydrogens is 266 g/mol. The van der Waals surface area contributed by atoms with Crippen LogP contribution in [0.1, 0.15) is 29.0 Å². The molecule has 0 fully saturated rings. The number of carbonyl (C=O) groups is 1. The fourth-order valence-electron chi connectivity index (χ4n) is 2.99. The Balaban J connectivity index is 1.72. The van der Waals surface area contributed by atoms with E-state index in [-0.39, 0.29) is 11.9 Å². The molecule has 1 aliphatic rings. The number of aromatic nitrogens is 4. The Labute approximate surface area is 121 Å². The van der Waals surface area contributed by atoms with E-state index < -0.39 is 0 Å². The molecule has 0 N–H and O–H groups in total. The summed E-state index contributed by atoms with van der Waals surface area (Å²) in [4.78, 5) is 19.0. The van der Waals surface area contributed by atoms with Gasteiger partial charge in [0, 0.05) is 37.4 Å². The van der Waals surface area contributed by atoms with Crippen LogP contribution in [0.25, 0.3) is 5.65 Å². The van der Waals surface area contributed by atoms with Crippen LogP contribution >= 0.6 is 0 Å². The number of fused-ring (bicyclic) bond motifs is 2. The molecule has 0 saturated heterocycles. The predicted octanol–water partition coefficient (Wildman–Crippen LogP) is 1.75. The second kappa shape index (κ2) is 4.44. The van der Waals surface area contributed by atoms with Gasteiger partial charge in [-0.05, 0) is 25.1 Å². The molecule has 1 aliphatic heterocycles. The maximum absolute atomic E-state index is 12.8. The molecule has 0 bridgehead atoms. The minimum Gasteiger partial charge on any atom is -0.348 e. The van der Waals surface area contributed by atoms with Gasteiger partial charge >= 0.3 is 0 Å². The van der Waals surface area contributed by atoms with Gasteiger partial charge in [0.25, 0.3) is 5.91 Å². The molecule has 106 valence electrons. The first-order chi connectivity index (χ1) is 10.3. The fraction of sp³-hybridized carbons (Fsp3) is 0.267. The molecule has 4 heterocycles. The highest BCUT2D eigenvalue weighted by molar-refractivity contribution is 5.99. The van der Waals surface area contributed by atoms with Crippen molar-refractivity contribution in [3.05, 3.63) is 54.2 Å². The summed E-state index contributed by atoms with van der Waals surface area (Å²) in [6.45, 7) is 3.58. The third-order valence-electron chi connectivity index (χ3n) is 4.11. The number of hydrogen-bond acceptors (Lipinski definition) is 3. The van der Waals surface area contributed by atoms with E-state index in [0.29, 0.717) is 17.8 Å². The average molecular weight is 281 g/mol. The first kappa shape index (κ1) is 12.1. The molecule has 0 saturated carbocycles. The lowest BCUT2D eigenvalue weighted by Gasteiger charge is -2.34. The number of amides is 1. The van der Waals surface area contributed by atoms with Gasteiger partial charge in [0.1, 0.15) is 5.56 Å². The van der Waals surface area contributed by atoms with Crippen molar-refractivity contribution >= 4 is 11.6 Å². The molecule has 4 rings (SSSR count). The van der Waals surface area contributed by atoms with Crippen molar-refractivity contribution in [1.29, 1.82) is 0 Å². The summed E-state index contributed by atoms with van der Waals surface area (Å²) in [5.41, 5.74) is 2.33. The molecule has 6 nitrogen and oxygen atoms in total. The molecule has 0 spiro atoms. The third kappa shape index (κ3) is 1.75. The lowest BCUT2D eigenvalue weighted by molar-refractivity contribution is 0.0646. The SMILES string of the molecule is C[C@@H]1c2cccn2CCN1C(=O)c1cnn2cccnc12. The van der Waals surface area contributed by atoms with Gasteiger partial charge in [-0.2, -0.15) is 5.10 Å². The monoisotopic (exact) mass is 281 g/mol. The molecule has 1 atom stereocenters. The molecule has 6 heteroatoms. The standard InChI is InChI=1S/C15H15N5O/c1-11-13-4-2-6-18(13)8-9-19(11)15(21)12-10-17-20-7-3-5-16-14(12)20/h2-7,10-11H,8-9H2,1H3/t11-/m1/s1. The van der Waals surface area contributed by atoms with Crippen LogP contribution in [0.3, 0.4) is 0 Å². The van der Waals surface area contributed by atoms with E-state index >= 15 is 0 Å². The minimum absolute atomic E-state index is 0.0105. The second-order valence-corrected chi connectivity index (χ2v) is 5.25. The molecular formula is C15H15N5O. The van der Waals surface area contributed by atoms with E-state index in [2.05, 4.69) is 33.8 Å². The molecule has 1 amide bonds. The van der Waals surface area contributed by atoms with Gasteiger partial charge in [-0.25, -0.2) is 9.50 Å². The largest absolute Gasteiger partial charge is 0.348 e. The first-order valence-corrected chi connectivity index (χ1v) is 7.00. The number of hydrogen-bond donors (Lipinski definition) is 0. The zero-order valence-corrected chi connectivity index (χ0v) is 11.7. The fourth-order valence-corrected chi connectivity index (χ4v) is 2.99. The summed E-state index contributed by atoms with van der Waals surface area (Å²) in [6.07, 6.45) is 7.14. The Bertz CT molecular complexity index is 818. The van der Waals surface area contributed by atoms with Gasteiger partial charge < -0.3 is 9.47 Å². The second-order valence-electron chi connectivity index (χ2n) is 5.25. The highest BCUT2D eigenvalue weighted by Gasteiger charge is 2.29. The van der Waals surface area contributed by atoms with Crippen LogP contribution in [0.4, 0.5) is 0 Å². The van der Waals surface area contributed by atoms with Crippen LogP contribution in [-0.4, -0.2) is 36.5 Å². The predicted molar refractivity (Wildman–Crippen MR) is 76.9 cm³/mol. The molecule has 0 radical (unpaired) electrons. The van der Waals surface area contributed by atoms with Crippen LogP contribution in [0.15, 0.2) is 43.0 Å². The van der Waals surface area contributed by atoms with Crippen LogP contribution in [0, 0.1) is 0 Å². The van der Waals surface area contributed by atoms with Crippen LogP contribution in [0.5, 0.6) is 0 Å². The molecule has 0 aromatic carbocycles. The van der Waals surface area contributed by atoms with Crippen molar-refractivity contribution in [2.24, 2.45) is 0 Å². The minimum atomic E-state index is -0.0105. The Hall–Kier alpha value is -2.63. The number of rotatable bonds is 1. The third-order valence-corrected chi connectivity index (χ3v) is 4.11. The van der Waals surface area contributed by atoms with Gasteiger partial charge in [0.15, 0.2) is 5.65 Å². The number of nitrogens with zero attached hydrogens (tertiary/aromatic N) is 5. The van der Waals surface area contributed by atoms with E-state index in [1.807, 2.05) is 11.0 Å². The first-order valence-electron chi connectivity index (χ1n) is 7.00.